The maximum absolute atomic E-state index is 13.2. The zero-order chi connectivity index (χ0) is 26.4. The van der Waals surface area contributed by atoms with Gasteiger partial charge < -0.3 is 19.8 Å². The number of hydrogen-bond acceptors (Lipinski definition) is 4. The Kier molecular flexibility index (Phi) is 7.92. The molecule has 3 atom stereocenters. The molecule has 3 aromatic rings. The molecule has 0 aromatic heterocycles. The Hall–Kier alpha value is -4.13. The molecule has 1 aliphatic rings. The predicted molar refractivity (Wildman–Crippen MR) is 138 cm³/mol. The molecule has 0 spiro atoms. The summed E-state index contributed by atoms with van der Waals surface area (Å²) >= 11 is 0. The van der Waals surface area contributed by atoms with Gasteiger partial charge in [-0.15, -0.1) is 0 Å². The molecule has 3 aromatic carbocycles. The third kappa shape index (κ3) is 5.50. The van der Waals surface area contributed by atoms with Gasteiger partial charge in [0.05, 0.1) is 5.92 Å². The Morgan fingerprint density at radius 1 is 0.946 bits per heavy atom. The number of likely N-dealkylation sites (tertiary alicyclic amines) is 1. The molecule has 3 unspecified atom stereocenters. The number of hydrogen-bond donors (Lipinski definition) is 2. The van der Waals surface area contributed by atoms with Crippen molar-refractivity contribution in [1.82, 2.24) is 4.90 Å². The minimum atomic E-state index is -1.48. The van der Waals surface area contributed by atoms with Gasteiger partial charge in [0.15, 0.2) is 0 Å². The van der Waals surface area contributed by atoms with Crippen LogP contribution >= 0.6 is 0 Å². The lowest BCUT2D eigenvalue weighted by Gasteiger charge is -2.36. The summed E-state index contributed by atoms with van der Waals surface area (Å²) in [6.07, 6.45) is 1.06. The van der Waals surface area contributed by atoms with E-state index in [1.54, 1.807) is 60.4 Å². The van der Waals surface area contributed by atoms with Crippen molar-refractivity contribution in [2.75, 3.05) is 6.54 Å². The van der Waals surface area contributed by atoms with E-state index in [1.165, 1.54) is 0 Å². The third-order valence-corrected chi connectivity index (χ3v) is 7.24. The van der Waals surface area contributed by atoms with Crippen LogP contribution in [0.2, 0.25) is 0 Å². The van der Waals surface area contributed by atoms with Gasteiger partial charge in [-0.2, -0.15) is 0 Å². The van der Waals surface area contributed by atoms with Crippen LogP contribution < -0.4 is 0 Å². The molecule has 7 heteroatoms. The molecular weight excluding hydrogens is 470 g/mol. The van der Waals surface area contributed by atoms with Crippen LogP contribution in [-0.4, -0.2) is 45.7 Å². The molecule has 1 aliphatic heterocycles. The van der Waals surface area contributed by atoms with E-state index >= 15 is 0 Å². The average molecular weight is 502 g/mol. The lowest BCUT2D eigenvalue weighted by Crippen LogP contribution is -2.45. The Labute approximate surface area is 216 Å². The number of aliphatic carboxylic acids is 2. The lowest BCUT2D eigenvalue weighted by molar-refractivity contribution is -0.143. The number of carbonyl (C=O) groups excluding carboxylic acids is 1. The SMILES string of the molecule is CC(C(=O)O)c1cccc(C(CC2CCCN2C(=O)OCc2ccccc2)(C(=O)O)c2ccccc2)c1. The summed E-state index contributed by atoms with van der Waals surface area (Å²) in [6.45, 7) is 2.20. The maximum Gasteiger partial charge on any atom is 0.410 e. The first-order chi connectivity index (χ1) is 17.8. The Balaban J connectivity index is 1.69. The van der Waals surface area contributed by atoms with Crippen LogP contribution in [0, 0.1) is 0 Å². The summed E-state index contributed by atoms with van der Waals surface area (Å²) in [4.78, 5) is 39.5. The first kappa shape index (κ1) is 25.9. The van der Waals surface area contributed by atoms with Gasteiger partial charge in [-0.3, -0.25) is 9.59 Å². The smallest absolute Gasteiger partial charge is 0.410 e. The fourth-order valence-electron chi connectivity index (χ4n) is 5.12. The average Bonchev–Trinajstić information content (AvgIpc) is 3.39. The van der Waals surface area contributed by atoms with Crippen molar-refractivity contribution in [2.45, 2.75) is 50.2 Å². The van der Waals surface area contributed by atoms with E-state index in [0.717, 1.165) is 12.0 Å². The number of amides is 1. The van der Waals surface area contributed by atoms with Crippen LogP contribution in [0.5, 0.6) is 0 Å². The summed E-state index contributed by atoms with van der Waals surface area (Å²) < 4.78 is 5.58. The molecule has 1 heterocycles. The quantitative estimate of drug-likeness (QED) is 0.405. The second kappa shape index (κ2) is 11.3. The highest BCUT2D eigenvalue weighted by molar-refractivity contribution is 5.87. The number of carboxylic acids is 2. The second-order valence-electron chi connectivity index (χ2n) is 9.50. The van der Waals surface area contributed by atoms with Crippen molar-refractivity contribution < 1.29 is 29.3 Å². The molecule has 7 nitrogen and oxygen atoms in total. The van der Waals surface area contributed by atoms with Crippen LogP contribution in [0.25, 0.3) is 0 Å². The van der Waals surface area contributed by atoms with Gasteiger partial charge in [0.25, 0.3) is 0 Å². The minimum Gasteiger partial charge on any atom is -0.481 e. The fraction of sp³-hybridized carbons (Fsp3) is 0.300. The van der Waals surface area contributed by atoms with Gasteiger partial charge in [0.2, 0.25) is 0 Å². The van der Waals surface area contributed by atoms with E-state index in [9.17, 15) is 24.6 Å². The van der Waals surface area contributed by atoms with E-state index in [0.29, 0.717) is 29.7 Å². The standard InChI is InChI=1S/C30H31NO6/c1-21(27(32)33)23-12-8-15-25(18-23)30(28(34)35,24-13-6-3-7-14-24)19-26-16-9-17-31(26)29(36)37-20-22-10-4-2-5-11-22/h2-8,10-15,18,21,26H,9,16-17,19-20H2,1H3,(H,32,33)(H,34,35). The number of carbonyl (C=O) groups is 3. The molecule has 0 aliphatic carbocycles. The van der Waals surface area contributed by atoms with E-state index in [1.807, 2.05) is 36.4 Å². The van der Waals surface area contributed by atoms with Gasteiger partial charge in [0.1, 0.15) is 12.0 Å². The first-order valence-electron chi connectivity index (χ1n) is 12.4. The highest BCUT2D eigenvalue weighted by atomic mass is 16.6. The molecule has 192 valence electrons. The molecule has 1 amide bonds. The number of benzene rings is 3. The largest absolute Gasteiger partial charge is 0.481 e. The van der Waals surface area contributed by atoms with Gasteiger partial charge in [-0.1, -0.05) is 84.9 Å². The van der Waals surface area contributed by atoms with Crippen molar-refractivity contribution >= 4 is 18.0 Å². The van der Waals surface area contributed by atoms with Crippen LogP contribution in [0.4, 0.5) is 4.79 Å². The van der Waals surface area contributed by atoms with E-state index in [-0.39, 0.29) is 19.1 Å². The Morgan fingerprint density at radius 3 is 2.24 bits per heavy atom. The Morgan fingerprint density at radius 2 is 1.59 bits per heavy atom. The molecule has 37 heavy (non-hydrogen) atoms. The second-order valence-corrected chi connectivity index (χ2v) is 9.50. The van der Waals surface area contributed by atoms with Crippen molar-refractivity contribution in [3.8, 4) is 0 Å². The summed E-state index contributed by atoms with van der Waals surface area (Å²) in [5.41, 5.74) is 0.980. The molecular formula is C30H31NO6. The summed E-state index contributed by atoms with van der Waals surface area (Å²) in [7, 11) is 0. The first-order valence-corrected chi connectivity index (χ1v) is 12.4. The summed E-state index contributed by atoms with van der Waals surface area (Å²) in [5, 5.41) is 20.3. The van der Waals surface area contributed by atoms with E-state index in [2.05, 4.69) is 0 Å². The molecule has 0 bridgehead atoms. The van der Waals surface area contributed by atoms with Crippen LogP contribution in [0.15, 0.2) is 84.9 Å². The number of carboxylic acid groups (broad SMARTS) is 2. The highest BCUT2D eigenvalue weighted by Crippen LogP contribution is 2.41. The van der Waals surface area contributed by atoms with Gasteiger partial charge in [0, 0.05) is 12.6 Å². The lowest BCUT2D eigenvalue weighted by atomic mass is 9.69. The van der Waals surface area contributed by atoms with E-state index < -0.39 is 29.4 Å². The number of ether oxygens (including phenoxy) is 1. The molecule has 0 saturated carbocycles. The minimum absolute atomic E-state index is 0.137. The number of rotatable bonds is 9. The molecule has 1 fully saturated rings. The van der Waals surface area contributed by atoms with Gasteiger partial charge in [-0.05, 0) is 48.4 Å². The molecule has 1 saturated heterocycles. The predicted octanol–water partition coefficient (Wildman–Crippen LogP) is 5.44. The van der Waals surface area contributed by atoms with Crippen molar-refractivity contribution in [3.63, 3.8) is 0 Å². The van der Waals surface area contributed by atoms with Crippen molar-refractivity contribution in [3.05, 3.63) is 107 Å². The highest BCUT2D eigenvalue weighted by Gasteiger charge is 2.47. The topological polar surface area (TPSA) is 104 Å². The fourth-order valence-corrected chi connectivity index (χ4v) is 5.12. The Bertz CT molecular complexity index is 1250. The molecule has 0 radical (unpaired) electrons. The van der Waals surface area contributed by atoms with Crippen LogP contribution in [0.1, 0.15) is 54.4 Å². The molecule has 4 rings (SSSR count). The van der Waals surface area contributed by atoms with Crippen LogP contribution in [0.3, 0.4) is 0 Å². The maximum atomic E-state index is 13.2. The van der Waals surface area contributed by atoms with Crippen molar-refractivity contribution in [2.24, 2.45) is 0 Å². The van der Waals surface area contributed by atoms with Crippen molar-refractivity contribution in [1.29, 1.82) is 0 Å². The monoisotopic (exact) mass is 501 g/mol. The molecule has 2 N–H and O–H groups in total. The van der Waals surface area contributed by atoms with Gasteiger partial charge in [-0.25, -0.2) is 4.79 Å². The normalized spacial score (nSPS) is 17.5. The van der Waals surface area contributed by atoms with Crippen LogP contribution in [-0.2, 0) is 26.3 Å². The van der Waals surface area contributed by atoms with E-state index in [4.69, 9.17) is 4.74 Å². The number of nitrogens with zero attached hydrogens (tertiary/aromatic N) is 1. The summed E-state index contributed by atoms with van der Waals surface area (Å²) in [5.74, 6) is -2.83. The van der Waals surface area contributed by atoms with Gasteiger partial charge >= 0.3 is 18.0 Å². The zero-order valence-electron chi connectivity index (χ0n) is 20.7. The third-order valence-electron chi connectivity index (χ3n) is 7.24. The zero-order valence-corrected chi connectivity index (χ0v) is 20.7. The summed E-state index contributed by atoms with van der Waals surface area (Å²) in [6, 6.07) is 24.8.